The van der Waals surface area contributed by atoms with Gasteiger partial charge in [0.1, 0.15) is 5.82 Å². The van der Waals surface area contributed by atoms with Crippen molar-refractivity contribution in [2.45, 2.75) is 45.7 Å². The second-order valence-corrected chi connectivity index (χ2v) is 10.1. The van der Waals surface area contributed by atoms with E-state index in [0.717, 1.165) is 0 Å². The highest BCUT2D eigenvalue weighted by Crippen LogP contribution is 2.36. The van der Waals surface area contributed by atoms with E-state index in [-0.39, 0.29) is 23.9 Å². The number of halogens is 3. The van der Waals surface area contributed by atoms with Crippen LogP contribution in [0.5, 0.6) is 0 Å². The van der Waals surface area contributed by atoms with E-state index in [9.17, 15) is 32.7 Å². The van der Waals surface area contributed by atoms with Gasteiger partial charge in [-0.15, -0.1) is 0 Å². The number of carboxylic acid groups (broad SMARTS) is 1. The lowest BCUT2D eigenvalue weighted by Crippen LogP contribution is -2.41. The molecule has 3 aromatic rings. The third-order valence-corrected chi connectivity index (χ3v) is 7.60. The van der Waals surface area contributed by atoms with Crippen LogP contribution >= 0.6 is 0 Å². The molecule has 1 saturated heterocycles. The minimum absolute atomic E-state index is 0.0591. The number of nitrogens with zero attached hydrogens (tertiary/aromatic N) is 4. The van der Waals surface area contributed by atoms with Crippen molar-refractivity contribution in [2.24, 2.45) is 5.41 Å². The molecule has 0 bridgehead atoms. The fraction of sp³-hybridized carbons (Fsp3) is 0.414. The van der Waals surface area contributed by atoms with Crippen molar-refractivity contribution in [1.29, 1.82) is 0 Å². The van der Waals surface area contributed by atoms with Crippen LogP contribution in [0.4, 0.5) is 24.7 Å². The lowest BCUT2D eigenvalue weighted by Gasteiger charge is -2.29. The molecule has 13 heteroatoms. The minimum atomic E-state index is -4.93. The molecule has 3 heterocycles. The van der Waals surface area contributed by atoms with E-state index in [1.807, 2.05) is 4.90 Å². The summed E-state index contributed by atoms with van der Waals surface area (Å²) < 4.78 is 45.8. The van der Waals surface area contributed by atoms with Gasteiger partial charge in [0.15, 0.2) is 5.69 Å². The summed E-state index contributed by atoms with van der Waals surface area (Å²) in [5.41, 5.74) is -1.51. The molecule has 0 atom stereocenters. The van der Waals surface area contributed by atoms with Crippen molar-refractivity contribution in [3.8, 4) is 11.5 Å². The van der Waals surface area contributed by atoms with Crippen molar-refractivity contribution in [2.75, 3.05) is 36.4 Å². The zero-order valence-corrected chi connectivity index (χ0v) is 23.3. The molecule has 0 spiro atoms. The lowest BCUT2D eigenvalue weighted by atomic mass is 9.79. The zero-order chi connectivity index (χ0) is 30.5. The molecular weight excluding hydrogens is 555 g/mol. The predicted molar refractivity (Wildman–Crippen MR) is 148 cm³/mol. The summed E-state index contributed by atoms with van der Waals surface area (Å²) in [4.78, 5) is 49.4. The molecule has 1 fully saturated rings. The first-order valence-corrected chi connectivity index (χ1v) is 13.6. The van der Waals surface area contributed by atoms with Crippen LogP contribution in [0.25, 0.3) is 11.5 Å². The molecule has 2 amide bonds. The summed E-state index contributed by atoms with van der Waals surface area (Å²) in [6.07, 6.45) is -2.30. The number of carboxylic acids is 1. The second-order valence-electron chi connectivity index (χ2n) is 10.1. The van der Waals surface area contributed by atoms with Gasteiger partial charge in [-0.2, -0.15) is 13.2 Å². The van der Waals surface area contributed by atoms with Gasteiger partial charge in [-0.3, -0.25) is 14.4 Å². The van der Waals surface area contributed by atoms with Crippen LogP contribution in [0, 0.1) is 5.41 Å². The van der Waals surface area contributed by atoms with E-state index in [4.69, 9.17) is 4.42 Å². The molecule has 42 heavy (non-hydrogen) atoms. The molecule has 0 saturated carbocycles. The number of rotatable bonds is 9. The van der Waals surface area contributed by atoms with E-state index in [2.05, 4.69) is 15.3 Å². The van der Waals surface area contributed by atoms with Gasteiger partial charge in [0.2, 0.25) is 17.6 Å². The number of nitrogens with one attached hydrogen (secondary N) is 1. The molecule has 1 aliphatic heterocycles. The largest absolute Gasteiger partial charge is 0.481 e. The molecule has 0 radical (unpaired) electrons. The van der Waals surface area contributed by atoms with Crippen LogP contribution in [-0.2, 0) is 15.8 Å². The van der Waals surface area contributed by atoms with Gasteiger partial charge in [0.05, 0.1) is 17.3 Å². The van der Waals surface area contributed by atoms with E-state index in [1.54, 1.807) is 43.0 Å². The van der Waals surface area contributed by atoms with Gasteiger partial charge in [0, 0.05) is 38.2 Å². The standard InChI is InChI=1S/C29H32F3N5O5/c1-3-28(4-2,27(40)41)17-22(38)37-14-8-13-36(15-16-37)21-12-11-20(18-33-21)34-25(39)23-24(29(30,31)32)42-26(35-23)19-9-6-5-7-10-19/h5-7,9-12,18H,3-4,8,13-17H2,1-2H3,(H,34,39)(H,40,41). The number of amides is 2. The second kappa shape index (κ2) is 12.6. The topological polar surface area (TPSA) is 129 Å². The van der Waals surface area contributed by atoms with Crippen molar-refractivity contribution in [1.82, 2.24) is 14.9 Å². The third kappa shape index (κ3) is 6.72. The summed E-state index contributed by atoms with van der Waals surface area (Å²) in [6.45, 7) is 5.46. The van der Waals surface area contributed by atoms with Crippen LogP contribution < -0.4 is 10.2 Å². The Kier molecular flexibility index (Phi) is 9.17. The maximum Gasteiger partial charge on any atom is 0.452 e. The van der Waals surface area contributed by atoms with Crippen molar-refractivity contribution in [3.63, 3.8) is 0 Å². The van der Waals surface area contributed by atoms with Crippen LogP contribution in [0.3, 0.4) is 0 Å². The fourth-order valence-electron chi connectivity index (χ4n) is 4.88. The predicted octanol–water partition coefficient (Wildman–Crippen LogP) is 5.33. The Bertz CT molecular complexity index is 1410. The van der Waals surface area contributed by atoms with Gasteiger partial charge < -0.3 is 24.6 Å². The number of oxazole rings is 1. The minimum Gasteiger partial charge on any atom is -0.481 e. The van der Waals surface area contributed by atoms with E-state index < -0.39 is 34.9 Å². The maximum atomic E-state index is 13.6. The Labute approximate surface area is 240 Å². The van der Waals surface area contributed by atoms with E-state index in [1.165, 1.54) is 24.4 Å². The highest BCUT2D eigenvalue weighted by Gasteiger charge is 2.42. The number of aromatic nitrogens is 2. The molecule has 1 aliphatic rings. The summed E-state index contributed by atoms with van der Waals surface area (Å²) in [7, 11) is 0. The molecule has 4 rings (SSSR count). The van der Waals surface area contributed by atoms with Crippen molar-refractivity contribution >= 4 is 29.3 Å². The third-order valence-electron chi connectivity index (χ3n) is 7.60. The van der Waals surface area contributed by atoms with Gasteiger partial charge in [-0.05, 0) is 43.5 Å². The molecule has 1 aromatic carbocycles. The quantitative estimate of drug-likeness (QED) is 0.344. The number of aliphatic carboxylic acids is 1. The fourth-order valence-corrected chi connectivity index (χ4v) is 4.88. The van der Waals surface area contributed by atoms with Gasteiger partial charge in [-0.1, -0.05) is 32.0 Å². The van der Waals surface area contributed by atoms with Gasteiger partial charge in [0.25, 0.3) is 5.91 Å². The smallest absolute Gasteiger partial charge is 0.452 e. The van der Waals surface area contributed by atoms with Gasteiger partial charge in [-0.25, -0.2) is 9.97 Å². The number of benzene rings is 1. The Morgan fingerprint density at radius 3 is 2.31 bits per heavy atom. The number of hydrogen-bond donors (Lipinski definition) is 2. The van der Waals surface area contributed by atoms with E-state index in [0.29, 0.717) is 56.8 Å². The molecule has 10 nitrogen and oxygen atoms in total. The molecule has 2 aromatic heterocycles. The average molecular weight is 588 g/mol. The Morgan fingerprint density at radius 1 is 1.00 bits per heavy atom. The highest BCUT2D eigenvalue weighted by atomic mass is 19.4. The molecule has 224 valence electrons. The number of pyridine rings is 1. The Balaban J connectivity index is 1.41. The van der Waals surface area contributed by atoms with Crippen molar-refractivity contribution < 1.29 is 37.1 Å². The molecular formula is C29H32F3N5O5. The van der Waals surface area contributed by atoms with Gasteiger partial charge >= 0.3 is 12.1 Å². The summed E-state index contributed by atoms with van der Waals surface area (Å²) in [5.74, 6) is -3.52. The number of alkyl halides is 3. The number of carbonyl (C=O) groups excluding carboxylic acids is 2. The summed E-state index contributed by atoms with van der Waals surface area (Å²) in [5, 5.41) is 12.1. The first kappa shape index (κ1) is 30.5. The number of hydrogen-bond acceptors (Lipinski definition) is 7. The van der Waals surface area contributed by atoms with Crippen LogP contribution in [0.15, 0.2) is 53.1 Å². The zero-order valence-electron chi connectivity index (χ0n) is 23.3. The first-order chi connectivity index (χ1) is 20.0. The van der Waals surface area contributed by atoms with E-state index >= 15 is 0 Å². The molecule has 0 aliphatic carbocycles. The average Bonchev–Trinajstić information content (AvgIpc) is 3.30. The Hall–Kier alpha value is -4.42. The lowest BCUT2D eigenvalue weighted by molar-refractivity contribution is -0.154. The normalized spacial score (nSPS) is 14.4. The van der Waals surface area contributed by atoms with Crippen LogP contribution in [-0.4, -0.2) is 63.9 Å². The molecule has 0 unspecified atom stereocenters. The Morgan fingerprint density at radius 2 is 1.71 bits per heavy atom. The highest BCUT2D eigenvalue weighted by molar-refractivity contribution is 6.04. The summed E-state index contributed by atoms with van der Waals surface area (Å²) in [6, 6.07) is 11.1. The summed E-state index contributed by atoms with van der Waals surface area (Å²) >= 11 is 0. The van der Waals surface area contributed by atoms with Crippen LogP contribution in [0.1, 0.15) is 55.8 Å². The maximum absolute atomic E-state index is 13.6. The first-order valence-electron chi connectivity index (χ1n) is 13.6. The van der Waals surface area contributed by atoms with Crippen molar-refractivity contribution in [3.05, 3.63) is 60.1 Å². The monoisotopic (exact) mass is 587 g/mol. The molecule has 2 N–H and O–H groups in total. The number of carbonyl (C=O) groups is 3. The number of anilines is 2. The SMILES string of the molecule is CCC(CC)(CC(=O)N1CCCN(c2ccc(NC(=O)c3nc(-c4ccccc4)oc3C(F)(F)F)cn2)CC1)C(=O)O. The van der Waals surface area contributed by atoms with Crippen LogP contribution in [0.2, 0.25) is 0 Å².